The summed E-state index contributed by atoms with van der Waals surface area (Å²) in [6, 6.07) is 4.26. The number of hydrogen-bond donors (Lipinski definition) is 1. The van der Waals surface area contributed by atoms with Gasteiger partial charge in [0.2, 0.25) is 0 Å². The molecule has 1 atom stereocenters. The Labute approximate surface area is 107 Å². The van der Waals surface area contributed by atoms with Crippen LogP contribution >= 0.6 is 15.9 Å². The lowest BCUT2D eigenvalue weighted by atomic mass is 10.1. The molecule has 0 unspecified atom stereocenters. The monoisotopic (exact) mass is 301 g/mol. The fraction of sp³-hybridized carbons (Fsp3) is 0.417. The van der Waals surface area contributed by atoms with Gasteiger partial charge in [0.15, 0.2) is 0 Å². The van der Waals surface area contributed by atoms with Gasteiger partial charge < -0.3 is 10.0 Å². The van der Waals surface area contributed by atoms with Crippen LogP contribution < -0.4 is 0 Å². The molecule has 0 radical (unpaired) electrons. The molecule has 3 nitrogen and oxygen atoms in total. The summed E-state index contributed by atoms with van der Waals surface area (Å²) in [5, 5.41) is 9.17. The third-order valence-electron chi connectivity index (χ3n) is 3.03. The number of rotatable bonds is 2. The molecule has 5 heteroatoms. The molecule has 1 heterocycles. The number of carbonyl (C=O) groups is 1. The third-order valence-corrected chi connectivity index (χ3v) is 3.69. The van der Waals surface area contributed by atoms with Crippen LogP contribution in [0.5, 0.6) is 0 Å². The lowest BCUT2D eigenvalue weighted by molar-refractivity contribution is 0.0672. The molecule has 0 aromatic heterocycles. The molecule has 1 aliphatic rings. The van der Waals surface area contributed by atoms with E-state index in [0.29, 0.717) is 11.0 Å². The molecule has 17 heavy (non-hydrogen) atoms. The first-order valence-corrected chi connectivity index (χ1v) is 6.30. The van der Waals surface area contributed by atoms with Crippen LogP contribution in [-0.2, 0) is 0 Å². The molecule has 0 spiro atoms. The minimum atomic E-state index is -0.534. The first-order valence-electron chi connectivity index (χ1n) is 5.51. The van der Waals surface area contributed by atoms with E-state index in [1.165, 1.54) is 6.07 Å². The zero-order chi connectivity index (χ0) is 12.4. The van der Waals surface area contributed by atoms with Gasteiger partial charge in [-0.25, -0.2) is 4.39 Å². The quantitative estimate of drug-likeness (QED) is 0.910. The van der Waals surface area contributed by atoms with E-state index >= 15 is 0 Å². The Balaban J connectivity index is 2.31. The molecule has 1 fully saturated rings. The lowest BCUT2D eigenvalue weighted by Gasteiger charge is -2.23. The molecule has 0 bridgehead atoms. The molecular formula is C12H13BrFNO2. The van der Waals surface area contributed by atoms with Crippen molar-refractivity contribution in [2.45, 2.75) is 18.9 Å². The van der Waals surface area contributed by atoms with Crippen LogP contribution in [0.3, 0.4) is 0 Å². The van der Waals surface area contributed by atoms with E-state index < -0.39 is 5.82 Å². The number of likely N-dealkylation sites (tertiary alicyclic amines) is 1. The number of aliphatic hydroxyl groups is 1. The molecule has 92 valence electrons. The van der Waals surface area contributed by atoms with Crippen molar-refractivity contribution in [1.29, 1.82) is 0 Å². The maximum absolute atomic E-state index is 13.6. The Morgan fingerprint density at radius 2 is 2.35 bits per heavy atom. The molecule has 0 aliphatic carbocycles. The predicted molar refractivity (Wildman–Crippen MR) is 65.2 cm³/mol. The normalized spacial score (nSPS) is 19.7. The van der Waals surface area contributed by atoms with Crippen molar-refractivity contribution in [3.05, 3.63) is 34.1 Å². The number of hydrogen-bond acceptors (Lipinski definition) is 2. The van der Waals surface area contributed by atoms with E-state index in [9.17, 15) is 14.3 Å². The number of nitrogens with zero attached hydrogens (tertiary/aromatic N) is 1. The zero-order valence-corrected chi connectivity index (χ0v) is 10.8. The smallest absolute Gasteiger partial charge is 0.258 e. The van der Waals surface area contributed by atoms with Gasteiger partial charge in [-0.05, 0) is 40.9 Å². The third kappa shape index (κ3) is 2.35. The predicted octanol–water partition coefficient (Wildman–Crippen LogP) is 2.19. The molecule has 1 amide bonds. The standard InChI is InChI=1S/C12H13BrFNO2/c13-9-4-1-5-10(14)11(9)12(17)15-6-2-3-8(15)7-16/h1,4-5,8,16H,2-3,6-7H2/t8-/m0/s1. The Kier molecular flexibility index (Phi) is 3.79. The summed E-state index contributed by atoms with van der Waals surface area (Å²) in [7, 11) is 0. The van der Waals surface area contributed by atoms with E-state index in [0.717, 1.165) is 12.8 Å². The Hall–Kier alpha value is -0.940. The number of aliphatic hydroxyl groups excluding tert-OH is 1. The van der Waals surface area contributed by atoms with E-state index in [2.05, 4.69) is 15.9 Å². The second-order valence-electron chi connectivity index (χ2n) is 4.07. The van der Waals surface area contributed by atoms with E-state index in [1.54, 1.807) is 17.0 Å². The summed E-state index contributed by atoms with van der Waals surface area (Å²) >= 11 is 3.19. The van der Waals surface area contributed by atoms with Gasteiger partial charge in [0.25, 0.3) is 5.91 Å². The minimum absolute atomic E-state index is 0.0489. The molecule has 1 aliphatic heterocycles. The Bertz CT molecular complexity index is 418. The lowest BCUT2D eigenvalue weighted by Crippen LogP contribution is -2.38. The van der Waals surface area contributed by atoms with Crippen molar-refractivity contribution < 1.29 is 14.3 Å². The van der Waals surface area contributed by atoms with Crippen LogP contribution in [0.4, 0.5) is 4.39 Å². The molecule has 1 N–H and O–H groups in total. The molecule has 0 saturated carbocycles. The highest BCUT2D eigenvalue weighted by Crippen LogP contribution is 2.25. The van der Waals surface area contributed by atoms with Gasteiger partial charge >= 0.3 is 0 Å². The number of benzene rings is 1. The van der Waals surface area contributed by atoms with Crippen LogP contribution in [-0.4, -0.2) is 35.1 Å². The fourth-order valence-corrected chi connectivity index (χ4v) is 2.65. The van der Waals surface area contributed by atoms with Crippen molar-refractivity contribution >= 4 is 21.8 Å². The highest BCUT2D eigenvalue weighted by atomic mass is 79.9. The summed E-state index contributed by atoms with van der Waals surface area (Å²) in [6.07, 6.45) is 1.62. The van der Waals surface area contributed by atoms with E-state index in [-0.39, 0.29) is 24.1 Å². The number of halogens is 2. The average Bonchev–Trinajstić information content (AvgIpc) is 2.76. The molecule has 1 saturated heterocycles. The van der Waals surface area contributed by atoms with Gasteiger partial charge in [-0.2, -0.15) is 0 Å². The summed E-state index contributed by atoms with van der Waals surface area (Å²) in [5.41, 5.74) is 0.0489. The van der Waals surface area contributed by atoms with Crippen LogP contribution in [0.1, 0.15) is 23.2 Å². The molecule has 1 aromatic rings. The summed E-state index contributed by atoms with van der Waals surface area (Å²) in [4.78, 5) is 13.7. The zero-order valence-electron chi connectivity index (χ0n) is 9.20. The average molecular weight is 302 g/mol. The van der Waals surface area contributed by atoms with Gasteiger partial charge in [0.1, 0.15) is 5.82 Å². The maximum Gasteiger partial charge on any atom is 0.258 e. The largest absolute Gasteiger partial charge is 0.394 e. The Morgan fingerprint density at radius 1 is 1.59 bits per heavy atom. The van der Waals surface area contributed by atoms with Crippen LogP contribution in [0.25, 0.3) is 0 Å². The summed E-state index contributed by atoms with van der Waals surface area (Å²) in [6.45, 7) is 0.503. The van der Waals surface area contributed by atoms with Gasteiger partial charge in [0.05, 0.1) is 18.2 Å². The van der Waals surface area contributed by atoms with Gasteiger partial charge in [-0.1, -0.05) is 6.07 Å². The van der Waals surface area contributed by atoms with Crippen LogP contribution in [0.15, 0.2) is 22.7 Å². The van der Waals surface area contributed by atoms with Gasteiger partial charge in [-0.15, -0.1) is 0 Å². The second-order valence-corrected chi connectivity index (χ2v) is 4.93. The van der Waals surface area contributed by atoms with Crippen molar-refractivity contribution in [3.8, 4) is 0 Å². The van der Waals surface area contributed by atoms with E-state index in [1.807, 2.05) is 0 Å². The summed E-state index contributed by atoms with van der Waals surface area (Å²) < 4.78 is 14.1. The highest BCUT2D eigenvalue weighted by molar-refractivity contribution is 9.10. The minimum Gasteiger partial charge on any atom is -0.394 e. The maximum atomic E-state index is 13.6. The summed E-state index contributed by atoms with van der Waals surface area (Å²) in [5.74, 6) is -0.889. The van der Waals surface area contributed by atoms with Crippen molar-refractivity contribution in [2.75, 3.05) is 13.2 Å². The van der Waals surface area contributed by atoms with Crippen LogP contribution in [0, 0.1) is 5.82 Å². The van der Waals surface area contributed by atoms with Gasteiger partial charge in [0, 0.05) is 11.0 Å². The van der Waals surface area contributed by atoms with Crippen molar-refractivity contribution in [2.24, 2.45) is 0 Å². The SMILES string of the molecule is O=C(c1c(F)cccc1Br)N1CCC[C@H]1CO. The van der Waals surface area contributed by atoms with Crippen molar-refractivity contribution in [3.63, 3.8) is 0 Å². The Morgan fingerprint density at radius 3 is 3.00 bits per heavy atom. The topological polar surface area (TPSA) is 40.5 Å². The molecular weight excluding hydrogens is 289 g/mol. The second kappa shape index (κ2) is 5.14. The van der Waals surface area contributed by atoms with Gasteiger partial charge in [-0.3, -0.25) is 4.79 Å². The molecule has 1 aromatic carbocycles. The fourth-order valence-electron chi connectivity index (χ4n) is 2.14. The first kappa shape index (κ1) is 12.5. The number of amides is 1. The van der Waals surface area contributed by atoms with Crippen molar-refractivity contribution in [1.82, 2.24) is 4.90 Å². The molecule has 2 rings (SSSR count). The first-order chi connectivity index (χ1) is 8.15. The van der Waals surface area contributed by atoms with E-state index in [4.69, 9.17) is 0 Å². The number of carbonyl (C=O) groups excluding carboxylic acids is 1. The van der Waals surface area contributed by atoms with Crippen LogP contribution in [0.2, 0.25) is 0 Å². The highest BCUT2D eigenvalue weighted by Gasteiger charge is 2.31.